The Morgan fingerprint density at radius 3 is 2.88 bits per heavy atom. The van der Waals surface area contributed by atoms with Crippen LogP contribution in [0.3, 0.4) is 0 Å². The zero-order chi connectivity index (χ0) is 22.3. The SMILES string of the molecule is COCCn1c(N2CCC3(CCc4cc(C(=O)NO)ccc4C3)C2=O)nc2ccccc21. The van der Waals surface area contributed by atoms with Gasteiger partial charge in [0.05, 0.1) is 23.1 Å². The second-order valence-electron chi connectivity index (χ2n) is 8.63. The number of aromatic nitrogens is 2. The molecule has 8 nitrogen and oxygen atoms in total. The number of para-hydroxylation sites is 2. The number of hydrogen-bond donors (Lipinski definition) is 2. The highest BCUT2D eigenvalue weighted by atomic mass is 16.5. The number of benzene rings is 2. The third kappa shape index (κ3) is 3.27. The van der Waals surface area contributed by atoms with Gasteiger partial charge in [0.15, 0.2) is 0 Å². The lowest BCUT2D eigenvalue weighted by atomic mass is 9.70. The van der Waals surface area contributed by atoms with Crippen molar-refractivity contribution in [2.24, 2.45) is 5.41 Å². The fourth-order valence-electron chi connectivity index (χ4n) is 5.14. The average Bonchev–Trinajstić information content (AvgIpc) is 3.34. The van der Waals surface area contributed by atoms with Crippen LogP contribution in [0.4, 0.5) is 5.95 Å². The number of hydrogen-bond acceptors (Lipinski definition) is 5. The molecule has 1 atom stereocenters. The maximum Gasteiger partial charge on any atom is 0.274 e. The standard InChI is InChI=1S/C24H26N4O4/c1-32-13-12-27-20-5-3-2-4-19(20)25-23(27)28-11-10-24(22(28)30)9-8-16-14-17(21(29)26-31)6-7-18(16)15-24/h2-7,14,31H,8-13,15H2,1H3,(H,26,29). The van der Waals surface area contributed by atoms with Gasteiger partial charge in [0.25, 0.3) is 5.91 Å². The van der Waals surface area contributed by atoms with E-state index in [1.807, 2.05) is 41.3 Å². The minimum atomic E-state index is -0.522. The largest absolute Gasteiger partial charge is 0.383 e. The number of nitrogens with zero attached hydrogens (tertiary/aromatic N) is 3. The van der Waals surface area contributed by atoms with Crippen molar-refractivity contribution >= 4 is 28.8 Å². The Hall–Kier alpha value is -3.23. The van der Waals surface area contributed by atoms with Crippen molar-refractivity contribution in [1.29, 1.82) is 0 Å². The Morgan fingerprint density at radius 1 is 1.22 bits per heavy atom. The van der Waals surface area contributed by atoms with Gasteiger partial charge in [0, 0.05) is 25.8 Å². The minimum absolute atomic E-state index is 0.120. The molecule has 1 fully saturated rings. The maximum absolute atomic E-state index is 13.8. The van der Waals surface area contributed by atoms with E-state index in [2.05, 4.69) is 4.57 Å². The number of hydroxylamine groups is 1. The van der Waals surface area contributed by atoms with E-state index in [0.717, 1.165) is 41.4 Å². The van der Waals surface area contributed by atoms with Gasteiger partial charge in [-0.2, -0.15) is 0 Å². The van der Waals surface area contributed by atoms with E-state index in [9.17, 15) is 9.59 Å². The smallest absolute Gasteiger partial charge is 0.274 e. The summed E-state index contributed by atoms with van der Waals surface area (Å²) in [6.07, 6.45) is 2.88. The number of carbonyl (C=O) groups excluding carboxylic acids is 2. The van der Waals surface area contributed by atoms with Crippen LogP contribution in [0, 0.1) is 5.41 Å². The Morgan fingerprint density at radius 2 is 2.06 bits per heavy atom. The zero-order valence-electron chi connectivity index (χ0n) is 18.0. The summed E-state index contributed by atoms with van der Waals surface area (Å²) in [4.78, 5) is 32.1. The molecule has 1 saturated heterocycles. The number of methoxy groups -OCH3 is 1. The van der Waals surface area contributed by atoms with E-state index in [1.165, 1.54) is 0 Å². The van der Waals surface area contributed by atoms with Gasteiger partial charge in [-0.3, -0.25) is 19.7 Å². The van der Waals surface area contributed by atoms with E-state index >= 15 is 0 Å². The second kappa shape index (κ2) is 8.03. The molecule has 2 heterocycles. The van der Waals surface area contributed by atoms with Crippen LogP contribution in [0.1, 0.15) is 34.3 Å². The van der Waals surface area contributed by atoms with Crippen LogP contribution in [0.15, 0.2) is 42.5 Å². The quantitative estimate of drug-likeness (QED) is 0.475. The van der Waals surface area contributed by atoms with Crippen LogP contribution in [0.2, 0.25) is 0 Å². The monoisotopic (exact) mass is 434 g/mol. The average molecular weight is 434 g/mol. The predicted molar refractivity (Wildman–Crippen MR) is 119 cm³/mol. The highest BCUT2D eigenvalue weighted by molar-refractivity contribution is 6.00. The van der Waals surface area contributed by atoms with Gasteiger partial charge in [0.1, 0.15) is 0 Å². The molecule has 1 aromatic heterocycles. The molecular formula is C24H26N4O4. The molecule has 1 aliphatic heterocycles. The molecule has 2 amide bonds. The molecule has 2 aromatic carbocycles. The molecule has 2 N–H and O–H groups in total. The summed E-state index contributed by atoms with van der Waals surface area (Å²) in [7, 11) is 1.67. The Kier molecular flexibility index (Phi) is 5.19. The van der Waals surface area contributed by atoms with E-state index < -0.39 is 11.3 Å². The van der Waals surface area contributed by atoms with Crippen LogP contribution in [-0.4, -0.2) is 46.8 Å². The zero-order valence-corrected chi connectivity index (χ0v) is 18.0. The predicted octanol–water partition coefficient (Wildman–Crippen LogP) is 2.71. The first kappa shape index (κ1) is 20.7. The molecule has 32 heavy (non-hydrogen) atoms. The summed E-state index contributed by atoms with van der Waals surface area (Å²) in [5.74, 6) is 0.284. The minimum Gasteiger partial charge on any atom is -0.383 e. The lowest BCUT2D eigenvalue weighted by Crippen LogP contribution is -2.39. The van der Waals surface area contributed by atoms with E-state index in [0.29, 0.717) is 37.6 Å². The van der Waals surface area contributed by atoms with Gasteiger partial charge in [0.2, 0.25) is 11.9 Å². The summed E-state index contributed by atoms with van der Waals surface area (Å²) >= 11 is 0. The van der Waals surface area contributed by atoms with Crippen molar-refractivity contribution < 1.29 is 19.5 Å². The Bertz CT molecular complexity index is 1200. The molecule has 2 aliphatic rings. The number of nitrogens with one attached hydrogen (secondary N) is 1. The molecule has 5 rings (SSSR count). The first-order chi connectivity index (χ1) is 15.6. The van der Waals surface area contributed by atoms with Gasteiger partial charge in [-0.1, -0.05) is 18.2 Å². The first-order valence-electron chi connectivity index (χ1n) is 10.9. The molecule has 8 heteroatoms. The van der Waals surface area contributed by atoms with E-state index in [4.69, 9.17) is 14.9 Å². The van der Waals surface area contributed by atoms with Crippen LogP contribution >= 0.6 is 0 Å². The number of imidazole rings is 1. The highest BCUT2D eigenvalue weighted by Crippen LogP contribution is 2.45. The van der Waals surface area contributed by atoms with Gasteiger partial charge in [-0.15, -0.1) is 0 Å². The van der Waals surface area contributed by atoms with Gasteiger partial charge >= 0.3 is 0 Å². The fraction of sp³-hybridized carbons (Fsp3) is 0.375. The molecule has 1 unspecified atom stereocenters. The first-order valence-corrected chi connectivity index (χ1v) is 10.9. The maximum atomic E-state index is 13.8. The molecule has 0 saturated carbocycles. The van der Waals surface area contributed by atoms with Crippen molar-refractivity contribution in [2.75, 3.05) is 25.2 Å². The topological polar surface area (TPSA) is 96.7 Å². The number of rotatable bonds is 5. The summed E-state index contributed by atoms with van der Waals surface area (Å²) in [5, 5.41) is 8.90. The van der Waals surface area contributed by atoms with Crippen molar-refractivity contribution in [3.63, 3.8) is 0 Å². The van der Waals surface area contributed by atoms with Crippen molar-refractivity contribution in [1.82, 2.24) is 15.0 Å². The van der Waals surface area contributed by atoms with Crippen molar-refractivity contribution in [3.05, 3.63) is 59.2 Å². The third-order valence-corrected chi connectivity index (χ3v) is 6.88. The van der Waals surface area contributed by atoms with Gasteiger partial charge in [-0.25, -0.2) is 10.5 Å². The number of ether oxygens (including phenoxy) is 1. The Balaban J connectivity index is 1.45. The molecule has 0 bridgehead atoms. The Labute approximate surface area is 185 Å². The van der Waals surface area contributed by atoms with Crippen LogP contribution in [0.25, 0.3) is 11.0 Å². The molecule has 0 radical (unpaired) electrons. The lowest BCUT2D eigenvalue weighted by Gasteiger charge is -2.33. The summed E-state index contributed by atoms with van der Waals surface area (Å²) in [5.41, 5.74) is 5.68. The number of carbonyl (C=O) groups is 2. The van der Waals surface area contributed by atoms with Crippen LogP contribution in [-0.2, 0) is 28.9 Å². The molecule has 1 spiro atoms. The normalized spacial score (nSPS) is 20.2. The van der Waals surface area contributed by atoms with Gasteiger partial charge in [-0.05, 0) is 61.1 Å². The number of aryl methyl sites for hydroxylation is 1. The molecule has 3 aromatic rings. The summed E-state index contributed by atoms with van der Waals surface area (Å²) < 4.78 is 7.37. The summed E-state index contributed by atoms with van der Waals surface area (Å²) in [6.45, 7) is 1.80. The molecule has 1 aliphatic carbocycles. The van der Waals surface area contributed by atoms with Crippen molar-refractivity contribution in [3.8, 4) is 0 Å². The van der Waals surface area contributed by atoms with E-state index in [-0.39, 0.29) is 5.91 Å². The molecular weight excluding hydrogens is 408 g/mol. The molecule has 166 valence electrons. The van der Waals surface area contributed by atoms with E-state index in [1.54, 1.807) is 18.7 Å². The van der Waals surface area contributed by atoms with Crippen LogP contribution in [0.5, 0.6) is 0 Å². The fourth-order valence-corrected chi connectivity index (χ4v) is 5.14. The lowest BCUT2D eigenvalue weighted by molar-refractivity contribution is -0.126. The highest BCUT2D eigenvalue weighted by Gasteiger charge is 2.49. The third-order valence-electron chi connectivity index (χ3n) is 6.88. The number of fused-ring (bicyclic) bond motifs is 2. The van der Waals surface area contributed by atoms with Crippen LogP contribution < -0.4 is 10.4 Å². The number of amides is 2. The second-order valence-corrected chi connectivity index (χ2v) is 8.63. The van der Waals surface area contributed by atoms with Gasteiger partial charge < -0.3 is 9.30 Å². The van der Waals surface area contributed by atoms with Crippen molar-refractivity contribution in [2.45, 2.75) is 32.2 Å². The summed E-state index contributed by atoms with van der Waals surface area (Å²) in [6, 6.07) is 13.3. The number of anilines is 1.